The van der Waals surface area contributed by atoms with Crippen LogP contribution < -0.4 is 0 Å². The highest BCUT2D eigenvalue weighted by Gasteiger charge is 2.22. The summed E-state index contributed by atoms with van der Waals surface area (Å²) >= 11 is 5.97. The quantitative estimate of drug-likeness (QED) is 0.105. The number of benzene rings is 6. The van der Waals surface area contributed by atoms with Crippen LogP contribution in [0.3, 0.4) is 0 Å². The Morgan fingerprint density at radius 1 is 0.371 bits per heavy atom. The van der Waals surface area contributed by atoms with Gasteiger partial charge in [-0.25, -0.2) is 8.78 Å². The van der Waals surface area contributed by atoms with Crippen LogP contribution in [-0.2, 0) is 27.1 Å². The Kier molecular flexibility index (Phi) is 18.1. The van der Waals surface area contributed by atoms with E-state index in [2.05, 4.69) is 68.4 Å². The summed E-state index contributed by atoms with van der Waals surface area (Å²) in [4.78, 5) is 0. The van der Waals surface area contributed by atoms with Gasteiger partial charge in [-0.05, 0) is 127 Å². The summed E-state index contributed by atoms with van der Waals surface area (Å²) in [5.41, 5.74) is 3.55. The zero-order valence-electron chi connectivity index (χ0n) is 39.3. The third-order valence-electron chi connectivity index (χ3n) is 9.62. The van der Waals surface area contributed by atoms with Crippen LogP contribution in [0.5, 0.6) is 28.7 Å². The van der Waals surface area contributed by atoms with E-state index in [4.69, 9.17) is 16.7 Å². The van der Waals surface area contributed by atoms with Gasteiger partial charge in [0.25, 0.3) is 0 Å². The van der Waals surface area contributed by atoms with E-state index in [1.54, 1.807) is 24.3 Å². The molecular weight excluding hydrogens is 802 g/mol. The second kappa shape index (κ2) is 21.2. The summed E-state index contributed by atoms with van der Waals surface area (Å²) in [6.07, 6.45) is 0. The third kappa shape index (κ3) is 16.2. The van der Waals surface area contributed by atoms with Crippen molar-refractivity contribution in [1.82, 2.24) is 0 Å². The van der Waals surface area contributed by atoms with Gasteiger partial charge in [0.2, 0.25) is 0 Å². The number of phenolic OH excluding ortho intramolecular Hbond substituents is 5. The summed E-state index contributed by atoms with van der Waals surface area (Å²) in [7, 11) is 0. The molecule has 0 fully saturated rings. The molecule has 0 aliphatic heterocycles. The maximum atomic E-state index is 13.2. The Hall–Kier alpha value is -5.27. The summed E-state index contributed by atoms with van der Waals surface area (Å²) in [5.74, 6) is 0.537. The van der Waals surface area contributed by atoms with Crippen molar-refractivity contribution in [3.8, 4) is 28.7 Å². The highest BCUT2D eigenvalue weighted by molar-refractivity contribution is 6.31. The molecule has 0 bridgehead atoms. The Bertz CT molecular complexity index is 2290. The zero-order valence-corrected chi connectivity index (χ0v) is 40.1. The largest absolute Gasteiger partial charge is 0.508 e. The molecule has 0 amide bonds. The van der Waals surface area contributed by atoms with Crippen LogP contribution in [0.25, 0.3) is 10.8 Å². The average molecular weight is 872 g/mol. The zero-order chi connectivity index (χ0) is 47.6. The first-order chi connectivity index (χ1) is 28.2. The number of halogens is 3. The lowest BCUT2D eigenvalue weighted by molar-refractivity contribution is 0.429. The van der Waals surface area contributed by atoms with Crippen LogP contribution in [-0.4, -0.2) is 25.5 Å². The molecule has 6 rings (SSSR count). The van der Waals surface area contributed by atoms with Crippen LogP contribution in [0.15, 0.2) is 115 Å². The van der Waals surface area contributed by atoms with Crippen LogP contribution in [0.4, 0.5) is 8.78 Å². The Morgan fingerprint density at radius 2 is 0.823 bits per heavy atom. The van der Waals surface area contributed by atoms with E-state index in [0.29, 0.717) is 27.6 Å². The molecule has 336 valence electrons. The molecule has 62 heavy (non-hydrogen) atoms. The standard InChI is InChI=1S/C14H16O.C10H13ClO.2C10H13FO.C10H14O/c1-14(2,3)13-9-11(15)8-10-6-4-5-7-12(10)13;2*1-10(2,3)8-6-7(12)4-5-9(8)11;1-10(2,3)9-7(11)5-4-6-8(9)12;1-10(2,3)8-6-4-5-7-9(8)11/h4-9,15H,1-3H3;3*4-6,12H,1-3H3;4-7,11H,1-3H3. The van der Waals surface area contributed by atoms with Crippen molar-refractivity contribution in [1.29, 1.82) is 0 Å². The van der Waals surface area contributed by atoms with Gasteiger partial charge in [0.1, 0.15) is 40.4 Å². The van der Waals surface area contributed by atoms with Gasteiger partial charge in [0, 0.05) is 10.6 Å². The molecule has 6 aromatic carbocycles. The number of phenols is 5. The van der Waals surface area contributed by atoms with Crippen molar-refractivity contribution in [3.63, 3.8) is 0 Å². The molecule has 0 aliphatic rings. The summed E-state index contributed by atoms with van der Waals surface area (Å²) in [6.45, 7) is 30.2. The molecule has 5 N–H and O–H groups in total. The number of aromatic hydroxyl groups is 5. The topological polar surface area (TPSA) is 101 Å². The van der Waals surface area contributed by atoms with E-state index in [9.17, 15) is 29.2 Å². The summed E-state index contributed by atoms with van der Waals surface area (Å²) in [5, 5.41) is 49.9. The van der Waals surface area contributed by atoms with Gasteiger partial charge in [0.05, 0.1) is 0 Å². The molecule has 0 heterocycles. The van der Waals surface area contributed by atoms with Crippen molar-refractivity contribution < 1.29 is 34.3 Å². The van der Waals surface area contributed by atoms with Crippen LogP contribution >= 0.6 is 11.6 Å². The lowest BCUT2D eigenvalue weighted by Gasteiger charge is -2.21. The molecule has 0 spiro atoms. The molecule has 0 saturated heterocycles. The van der Waals surface area contributed by atoms with Crippen molar-refractivity contribution in [2.45, 2.75) is 131 Å². The second-order valence-electron chi connectivity index (χ2n) is 20.4. The number of hydrogen-bond donors (Lipinski definition) is 5. The van der Waals surface area contributed by atoms with Crippen LogP contribution in [0.2, 0.25) is 5.02 Å². The highest BCUT2D eigenvalue weighted by Crippen LogP contribution is 2.35. The van der Waals surface area contributed by atoms with E-state index >= 15 is 0 Å². The van der Waals surface area contributed by atoms with Gasteiger partial charge >= 0.3 is 0 Å². The Morgan fingerprint density at radius 3 is 1.26 bits per heavy atom. The molecule has 8 heteroatoms. The monoisotopic (exact) mass is 870 g/mol. The van der Waals surface area contributed by atoms with Gasteiger partial charge in [0.15, 0.2) is 0 Å². The number of hydrogen-bond acceptors (Lipinski definition) is 5. The lowest BCUT2D eigenvalue weighted by Crippen LogP contribution is -2.13. The normalized spacial score (nSPS) is 11.7. The van der Waals surface area contributed by atoms with Gasteiger partial charge < -0.3 is 25.5 Å². The molecule has 0 radical (unpaired) electrons. The van der Waals surface area contributed by atoms with E-state index in [1.807, 2.05) is 90.1 Å². The maximum Gasteiger partial charge on any atom is 0.130 e. The molecule has 0 aliphatic carbocycles. The predicted molar refractivity (Wildman–Crippen MR) is 256 cm³/mol. The van der Waals surface area contributed by atoms with E-state index in [0.717, 1.165) is 16.5 Å². The Balaban J connectivity index is 0.000000268. The maximum absolute atomic E-state index is 13.2. The van der Waals surface area contributed by atoms with Crippen molar-refractivity contribution in [3.05, 3.63) is 160 Å². The molecule has 0 unspecified atom stereocenters. The number of fused-ring (bicyclic) bond motifs is 1. The van der Waals surface area contributed by atoms with E-state index in [1.165, 1.54) is 47.3 Å². The molecule has 5 nitrogen and oxygen atoms in total. The molecule has 0 saturated carbocycles. The van der Waals surface area contributed by atoms with Gasteiger partial charge in [-0.1, -0.05) is 164 Å². The van der Waals surface area contributed by atoms with Crippen molar-refractivity contribution >= 4 is 22.4 Å². The second-order valence-corrected chi connectivity index (χ2v) is 20.9. The molecule has 6 aromatic rings. The van der Waals surface area contributed by atoms with E-state index in [-0.39, 0.29) is 56.0 Å². The van der Waals surface area contributed by atoms with Gasteiger partial charge in [-0.3, -0.25) is 0 Å². The highest BCUT2D eigenvalue weighted by atomic mass is 35.5. The predicted octanol–water partition coefficient (Wildman–Crippen LogP) is 15.5. The van der Waals surface area contributed by atoms with E-state index < -0.39 is 0 Å². The van der Waals surface area contributed by atoms with Crippen LogP contribution in [0, 0.1) is 11.6 Å². The first-order valence-electron chi connectivity index (χ1n) is 20.7. The number of para-hydroxylation sites is 1. The fourth-order valence-electron chi connectivity index (χ4n) is 6.45. The summed E-state index contributed by atoms with van der Waals surface area (Å²) in [6, 6.07) is 32.8. The average Bonchev–Trinajstić information content (AvgIpc) is 3.12. The fourth-order valence-corrected chi connectivity index (χ4v) is 6.86. The van der Waals surface area contributed by atoms with Gasteiger partial charge in [-0.2, -0.15) is 0 Å². The third-order valence-corrected chi connectivity index (χ3v) is 9.95. The smallest absolute Gasteiger partial charge is 0.130 e. The lowest BCUT2D eigenvalue weighted by atomic mass is 9.83. The Labute approximate surface area is 374 Å². The van der Waals surface area contributed by atoms with Crippen molar-refractivity contribution in [2.75, 3.05) is 0 Å². The minimum atomic E-state index is -0.352. The minimum Gasteiger partial charge on any atom is -0.508 e. The van der Waals surface area contributed by atoms with Gasteiger partial charge in [-0.15, -0.1) is 0 Å². The van der Waals surface area contributed by atoms with Crippen molar-refractivity contribution in [2.24, 2.45) is 0 Å². The summed E-state index contributed by atoms with van der Waals surface area (Å²) < 4.78 is 26.3. The molecule has 0 atom stereocenters. The number of rotatable bonds is 0. The first kappa shape index (κ1) is 52.9. The fraction of sp³-hybridized carbons (Fsp3) is 0.370. The molecular formula is C54H69ClF2O5. The minimum absolute atomic E-state index is 0.0180. The molecule has 0 aromatic heterocycles. The SMILES string of the molecule is CC(C)(C)c1c(O)cccc1F.CC(C)(C)c1cc(O)cc2ccccc12.CC(C)(C)c1cc(O)ccc1Cl.CC(C)(C)c1cc(O)ccc1F.CC(C)(C)c1ccccc1O. The van der Waals surface area contributed by atoms with Crippen LogP contribution in [0.1, 0.15) is 132 Å². The first-order valence-corrected chi connectivity index (χ1v) is 21.1.